The lowest BCUT2D eigenvalue weighted by molar-refractivity contribution is -0.153. The molecule has 7 nitrogen and oxygen atoms in total. The van der Waals surface area contributed by atoms with Crippen LogP contribution in [0.3, 0.4) is 0 Å². The Labute approximate surface area is 170 Å². The van der Waals surface area contributed by atoms with Crippen molar-refractivity contribution in [2.75, 3.05) is 11.5 Å². The molecule has 0 saturated heterocycles. The van der Waals surface area contributed by atoms with E-state index in [2.05, 4.69) is 15.1 Å². The quantitative estimate of drug-likeness (QED) is 0.632. The number of anilines is 1. The Morgan fingerprint density at radius 2 is 2.00 bits per heavy atom. The highest BCUT2D eigenvalue weighted by Crippen LogP contribution is 2.32. The van der Waals surface area contributed by atoms with E-state index >= 15 is 0 Å². The molecule has 30 heavy (non-hydrogen) atoms. The summed E-state index contributed by atoms with van der Waals surface area (Å²) < 4.78 is 43.7. The maximum Gasteiger partial charge on any atom is 0.422 e. The summed E-state index contributed by atoms with van der Waals surface area (Å²) in [5.74, 6) is -0.160. The van der Waals surface area contributed by atoms with Crippen molar-refractivity contribution in [3.05, 3.63) is 53.7 Å². The molecule has 1 aliphatic rings. The summed E-state index contributed by atoms with van der Waals surface area (Å²) in [5.41, 5.74) is 3.55. The van der Waals surface area contributed by atoms with E-state index in [1.165, 1.54) is 18.5 Å². The van der Waals surface area contributed by atoms with Crippen molar-refractivity contribution in [3.8, 4) is 17.0 Å². The Morgan fingerprint density at radius 3 is 2.70 bits per heavy atom. The first-order chi connectivity index (χ1) is 14.2. The summed E-state index contributed by atoms with van der Waals surface area (Å²) in [6.45, 7) is 3.34. The SMILES string of the molecule is CCn1cc(N2Cc3nc(-c4cncc(OCC(F)(F)F)c4)cc(C)c3C2=O)cn1. The predicted octanol–water partition coefficient (Wildman–Crippen LogP) is 3.77. The number of ether oxygens (including phenoxy) is 1. The second-order valence-electron chi connectivity index (χ2n) is 6.90. The van der Waals surface area contributed by atoms with Gasteiger partial charge < -0.3 is 4.74 Å². The van der Waals surface area contributed by atoms with Crippen LogP contribution in [-0.4, -0.2) is 38.4 Å². The van der Waals surface area contributed by atoms with E-state index in [0.717, 1.165) is 5.56 Å². The zero-order valence-electron chi connectivity index (χ0n) is 16.3. The number of fused-ring (bicyclic) bond motifs is 1. The molecule has 0 spiro atoms. The fraction of sp³-hybridized carbons (Fsp3) is 0.300. The van der Waals surface area contributed by atoms with Gasteiger partial charge in [0.25, 0.3) is 5.91 Å². The summed E-state index contributed by atoms with van der Waals surface area (Å²) >= 11 is 0. The van der Waals surface area contributed by atoms with Crippen molar-refractivity contribution in [2.24, 2.45) is 0 Å². The van der Waals surface area contributed by atoms with Crippen LogP contribution in [0.25, 0.3) is 11.3 Å². The molecule has 0 unspecified atom stereocenters. The van der Waals surface area contributed by atoms with Crippen LogP contribution in [0.4, 0.5) is 18.9 Å². The van der Waals surface area contributed by atoms with E-state index < -0.39 is 12.8 Å². The first kappa shape index (κ1) is 19.9. The van der Waals surface area contributed by atoms with Gasteiger partial charge in [-0.05, 0) is 31.5 Å². The van der Waals surface area contributed by atoms with Crippen LogP contribution in [0.2, 0.25) is 0 Å². The molecule has 4 rings (SSSR count). The molecule has 3 aromatic heterocycles. The van der Waals surface area contributed by atoms with Crippen LogP contribution in [0.1, 0.15) is 28.5 Å². The highest BCUT2D eigenvalue weighted by molar-refractivity contribution is 6.10. The van der Waals surface area contributed by atoms with Gasteiger partial charge in [-0.3, -0.25) is 24.3 Å². The van der Waals surface area contributed by atoms with Gasteiger partial charge in [0, 0.05) is 24.5 Å². The molecule has 0 fully saturated rings. The number of carbonyl (C=O) groups is 1. The number of hydrogen-bond donors (Lipinski definition) is 0. The second-order valence-corrected chi connectivity index (χ2v) is 6.90. The molecule has 1 amide bonds. The summed E-state index contributed by atoms with van der Waals surface area (Å²) in [6.07, 6.45) is 1.70. The maximum absolute atomic E-state index is 12.9. The zero-order chi connectivity index (χ0) is 21.5. The van der Waals surface area contributed by atoms with Gasteiger partial charge in [-0.1, -0.05) is 0 Å². The number of aryl methyl sites for hydroxylation is 2. The molecular weight excluding hydrogens is 399 g/mol. The molecule has 0 bridgehead atoms. The van der Waals surface area contributed by atoms with Crippen LogP contribution in [0.5, 0.6) is 5.75 Å². The second kappa shape index (κ2) is 7.43. The molecule has 10 heteroatoms. The molecule has 156 valence electrons. The minimum Gasteiger partial charge on any atom is -0.482 e. The van der Waals surface area contributed by atoms with E-state index in [4.69, 9.17) is 4.74 Å². The molecule has 0 radical (unpaired) electrons. The number of nitrogens with zero attached hydrogens (tertiary/aromatic N) is 5. The van der Waals surface area contributed by atoms with Gasteiger partial charge in [-0.2, -0.15) is 18.3 Å². The van der Waals surface area contributed by atoms with E-state index in [0.29, 0.717) is 34.7 Å². The van der Waals surface area contributed by atoms with Crippen molar-refractivity contribution in [1.29, 1.82) is 0 Å². The fourth-order valence-electron chi connectivity index (χ4n) is 3.33. The van der Waals surface area contributed by atoms with Crippen LogP contribution < -0.4 is 9.64 Å². The lowest BCUT2D eigenvalue weighted by atomic mass is 10.1. The standard InChI is InChI=1S/C20H18F3N5O2/c1-3-27-9-14(7-25-27)28-10-17-18(19(28)29)12(2)4-16(26-17)13-5-15(8-24-6-13)30-11-20(21,22)23/h4-9H,3,10-11H2,1-2H3. The summed E-state index contributed by atoms with van der Waals surface area (Å²) in [4.78, 5) is 23.0. The number of alkyl halides is 3. The third-order valence-electron chi connectivity index (χ3n) is 4.73. The average molecular weight is 417 g/mol. The third-order valence-corrected chi connectivity index (χ3v) is 4.73. The summed E-state index contributed by atoms with van der Waals surface area (Å²) in [6, 6.07) is 3.17. The lowest BCUT2D eigenvalue weighted by Crippen LogP contribution is -2.22. The number of rotatable bonds is 5. The molecule has 0 aliphatic carbocycles. The Balaban J connectivity index is 1.63. The minimum absolute atomic E-state index is 0.00513. The van der Waals surface area contributed by atoms with Crippen molar-refractivity contribution in [2.45, 2.75) is 33.1 Å². The molecule has 0 atom stereocenters. The van der Waals surface area contributed by atoms with Crippen LogP contribution in [-0.2, 0) is 13.1 Å². The smallest absolute Gasteiger partial charge is 0.422 e. The van der Waals surface area contributed by atoms with Crippen LogP contribution in [0, 0.1) is 6.92 Å². The number of pyridine rings is 2. The topological polar surface area (TPSA) is 73.1 Å². The van der Waals surface area contributed by atoms with Crippen molar-refractivity contribution < 1.29 is 22.7 Å². The van der Waals surface area contributed by atoms with Gasteiger partial charge in [0.2, 0.25) is 0 Å². The van der Waals surface area contributed by atoms with Crippen molar-refractivity contribution in [3.63, 3.8) is 0 Å². The molecule has 3 aromatic rings. The van der Waals surface area contributed by atoms with Gasteiger partial charge in [-0.15, -0.1) is 0 Å². The first-order valence-electron chi connectivity index (χ1n) is 9.25. The Kier molecular flexibility index (Phi) is 4.92. The van der Waals surface area contributed by atoms with Crippen LogP contribution >= 0.6 is 0 Å². The lowest BCUT2D eigenvalue weighted by Gasteiger charge is -2.12. The van der Waals surface area contributed by atoms with Gasteiger partial charge in [0.05, 0.1) is 41.6 Å². The van der Waals surface area contributed by atoms with Crippen molar-refractivity contribution in [1.82, 2.24) is 19.7 Å². The number of carbonyl (C=O) groups excluding carboxylic acids is 1. The largest absolute Gasteiger partial charge is 0.482 e. The third kappa shape index (κ3) is 3.85. The number of amides is 1. The highest BCUT2D eigenvalue weighted by Gasteiger charge is 2.33. The number of aromatic nitrogens is 4. The minimum atomic E-state index is -4.44. The highest BCUT2D eigenvalue weighted by atomic mass is 19.4. The van der Waals surface area contributed by atoms with Gasteiger partial charge in [0.1, 0.15) is 5.75 Å². The summed E-state index contributed by atoms with van der Waals surface area (Å²) in [7, 11) is 0. The zero-order valence-corrected chi connectivity index (χ0v) is 16.3. The first-order valence-corrected chi connectivity index (χ1v) is 9.25. The monoisotopic (exact) mass is 417 g/mol. The van der Waals surface area contributed by atoms with E-state index in [-0.39, 0.29) is 18.2 Å². The Bertz CT molecular complexity index is 1110. The number of halogens is 3. The van der Waals surface area contributed by atoms with Crippen molar-refractivity contribution >= 4 is 11.6 Å². The Morgan fingerprint density at radius 1 is 1.20 bits per heavy atom. The van der Waals surface area contributed by atoms with E-state index in [9.17, 15) is 18.0 Å². The molecule has 4 heterocycles. The molecule has 0 aromatic carbocycles. The van der Waals surface area contributed by atoms with Gasteiger partial charge in [0.15, 0.2) is 6.61 Å². The Hall–Kier alpha value is -3.43. The van der Waals surface area contributed by atoms with Gasteiger partial charge >= 0.3 is 6.18 Å². The van der Waals surface area contributed by atoms with E-state index in [1.807, 2.05) is 6.92 Å². The summed E-state index contributed by atoms with van der Waals surface area (Å²) in [5, 5.41) is 4.21. The number of hydrogen-bond acceptors (Lipinski definition) is 5. The van der Waals surface area contributed by atoms with E-state index in [1.54, 1.807) is 35.0 Å². The molecule has 1 aliphatic heterocycles. The normalized spacial score (nSPS) is 13.6. The predicted molar refractivity (Wildman–Crippen MR) is 102 cm³/mol. The molecule has 0 saturated carbocycles. The fourth-order valence-corrected chi connectivity index (χ4v) is 3.33. The van der Waals surface area contributed by atoms with Crippen LogP contribution in [0.15, 0.2) is 36.9 Å². The average Bonchev–Trinajstić information content (AvgIpc) is 3.30. The molecule has 0 N–H and O–H groups in total. The maximum atomic E-state index is 12.9. The molecular formula is C20H18F3N5O2. The van der Waals surface area contributed by atoms with Gasteiger partial charge in [-0.25, -0.2) is 0 Å².